The number of anilines is 3. The van der Waals surface area contributed by atoms with E-state index in [9.17, 15) is 13.2 Å². The van der Waals surface area contributed by atoms with Gasteiger partial charge in [-0.2, -0.15) is 18.2 Å². The van der Waals surface area contributed by atoms with Crippen LogP contribution in [0.5, 0.6) is 0 Å². The van der Waals surface area contributed by atoms with E-state index < -0.39 is 11.9 Å². The predicted molar refractivity (Wildman–Crippen MR) is 88.4 cm³/mol. The molecule has 2 N–H and O–H groups in total. The number of aromatic nitrogens is 2. The summed E-state index contributed by atoms with van der Waals surface area (Å²) in [4.78, 5) is 9.67. The number of para-hydroxylation sites is 1. The average Bonchev–Trinajstić information content (AvgIpc) is 2.51. The number of nitrogens with zero attached hydrogens (tertiary/aromatic N) is 3. The maximum Gasteiger partial charge on any atom is 0.433 e. The molecule has 1 aromatic heterocycles. The third-order valence-electron chi connectivity index (χ3n) is 3.13. The SMILES string of the molecule is CN(C)CCCNc1nc(Nc2ccccc2)cc(C(F)(F)F)n1. The summed E-state index contributed by atoms with van der Waals surface area (Å²) in [7, 11) is 3.87. The van der Waals surface area contributed by atoms with E-state index in [4.69, 9.17) is 0 Å². The predicted octanol–water partition coefficient (Wildman–Crippen LogP) is 3.60. The van der Waals surface area contributed by atoms with Crippen LogP contribution in [-0.2, 0) is 6.18 Å². The fraction of sp³-hybridized carbons (Fsp3) is 0.375. The molecule has 0 fully saturated rings. The van der Waals surface area contributed by atoms with Gasteiger partial charge >= 0.3 is 6.18 Å². The molecular weight excluding hydrogens is 319 g/mol. The van der Waals surface area contributed by atoms with Crippen LogP contribution in [0.4, 0.5) is 30.6 Å². The van der Waals surface area contributed by atoms with Gasteiger partial charge in [-0.05, 0) is 39.2 Å². The Bertz CT molecular complexity index is 644. The van der Waals surface area contributed by atoms with E-state index in [2.05, 4.69) is 20.6 Å². The summed E-state index contributed by atoms with van der Waals surface area (Å²) in [5, 5.41) is 5.72. The molecule has 0 spiro atoms. The molecule has 0 bridgehead atoms. The Balaban J connectivity index is 2.15. The minimum atomic E-state index is -4.53. The zero-order valence-corrected chi connectivity index (χ0v) is 13.6. The minimum absolute atomic E-state index is 0.0398. The molecule has 2 rings (SSSR count). The molecule has 24 heavy (non-hydrogen) atoms. The lowest BCUT2D eigenvalue weighted by molar-refractivity contribution is -0.141. The highest BCUT2D eigenvalue weighted by atomic mass is 19.4. The Morgan fingerprint density at radius 1 is 1.08 bits per heavy atom. The van der Waals surface area contributed by atoms with E-state index in [0.717, 1.165) is 19.0 Å². The van der Waals surface area contributed by atoms with Crippen LogP contribution < -0.4 is 10.6 Å². The number of hydrogen-bond donors (Lipinski definition) is 2. The number of alkyl halides is 3. The molecule has 1 heterocycles. The standard InChI is InChI=1S/C16H20F3N5/c1-24(2)10-6-9-20-15-22-13(16(17,18)19)11-14(23-15)21-12-7-4-3-5-8-12/h3-5,7-8,11H,6,9-10H2,1-2H3,(H2,20,21,22,23). The van der Waals surface area contributed by atoms with Crippen LogP contribution in [0.1, 0.15) is 12.1 Å². The van der Waals surface area contributed by atoms with Crippen LogP contribution in [0.3, 0.4) is 0 Å². The number of rotatable bonds is 7. The lowest BCUT2D eigenvalue weighted by Gasteiger charge is -2.13. The van der Waals surface area contributed by atoms with E-state index in [1.807, 2.05) is 25.1 Å². The average molecular weight is 339 g/mol. The number of benzene rings is 1. The van der Waals surface area contributed by atoms with Crippen molar-refractivity contribution in [2.24, 2.45) is 0 Å². The van der Waals surface area contributed by atoms with Gasteiger partial charge in [0.15, 0.2) is 5.69 Å². The minimum Gasteiger partial charge on any atom is -0.354 e. The Hall–Kier alpha value is -2.35. The summed E-state index contributed by atoms with van der Waals surface area (Å²) in [5.74, 6) is 0.0562. The number of halogens is 3. The van der Waals surface area contributed by atoms with Crippen LogP contribution in [0, 0.1) is 0 Å². The van der Waals surface area contributed by atoms with Crippen LogP contribution in [0.25, 0.3) is 0 Å². The molecule has 0 aliphatic rings. The molecular formula is C16H20F3N5. The summed E-state index contributed by atoms with van der Waals surface area (Å²) in [5.41, 5.74) is -0.325. The third kappa shape index (κ3) is 5.69. The molecule has 0 atom stereocenters. The molecule has 0 radical (unpaired) electrons. The summed E-state index contributed by atoms with van der Waals surface area (Å²) in [6, 6.07) is 9.80. The molecule has 0 amide bonds. The highest BCUT2D eigenvalue weighted by Crippen LogP contribution is 2.30. The van der Waals surface area contributed by atoms with Crippen molar-refractivity contribution in [3.63, 3.8) is 0 Å². The first-order valence-electron chi connectivity index (χ1n) is 7.51. The van der Waals surface area contributed by atoms with E-state index in [-0.39, 0.29) is 11.8 Å². The van der Waals surface area contributed by atoms with Gasteiger partial charge in [0.25, 0.3) is 0 Å². The second kappa shape index (κ2) is 7.96. The first kappa shape index (κ1) is 18.0. The quantitative estimate of drug-likeness (QED) is 0.755. The van der Waals surface area contributed by atoms with Crippen molar-refractivity contribution in [1.29, 1.82) is 0 Å². The fourth-order valence-electron chi connectivity index (χ4n) is 2.00. The molecule has 0 saturated heterocycles. The van der Waals surface area contributed by atoms with Crippen LogP contribution in [0.15, 0.2) is 36.4 Å². The van der Waals surface area contributed by atoms with Crippen molar-refractivity contribution in [2.45, 2.75) is 12.6 Å². The zero-order chi connectivity index (χ0) is 17.6. The topological polar surface area (TPSA) is 53.1 Å². The molecule has 1 aromatic carbocycles. The maximum atomic E-state index is 13.0. The number of nitrogens with one attached hydrogen (secondary N) is 2. The molecule has 5 nitrogen and oxygen atoms in total. The molecule has 0 aliphatic heterocycles. The molecule has 0 aliphatic carbocycles. The molecule has 0 unspecified atom stereocenters. The van der Waals surface area contributed by atoms with Crippen molar-refractivity contribution in [1.82, 2.24) is 14.9 Å². The fourth-order valence-corrected chi connectivity index (χ4v) is 2.00. The Labute approximate surface area is 138 Å². The van der Waals surface area contributed by atoms with E-state index in [1.54, 1.807) is 24.3 Å². The van der Waals surface area contributed by atoms with Gasteiger partial charge in [-0.1, -0.05) is 18.2 Å². The summed E-state index contributed by atoms with van der Waals surface area (Å²) < 4.78 is 39.1. The van der Waals surface area contributed by atoms with Gasteiger partial charge in [0.05, 0.1) is 0 Å². The zero-order valence-electron chi connectivity index (χ0n) is 13.6. The monoisotopic (exact) mass is 339 g/mol. The lowest BCUT2D eigenvalue weighted by atomic mass is 10.3. The van der Waals surface area contributed by atoms with Gasteiger partial charge < -0.3 is 15.5 Å². The van der Waals surface area contributed by atoms with Gasteiger partial charge in [0, 0.05) is 18.3 Å². The first-order valence-corrected chi connectivity index (χ1v) is 7.51. The highest BCUT2D eigenvalue weighted by Gasteiger charge is 2.33. The normalized spacial score (nSPS) is 11.6. The Kier molecular flexibility index (Phi) is 5.97. The Morgan fingerprint density at radius 2 is 1.79 bits per heavy atom. The highest BCUT2D eigenvalue weighted by molar-refractivity contribution is 5.57. The largest absolute Gasteiger partial charge is 0.433 e. The van der Waals surface area contributed by atoms with Gasteiger partial charge in [-0.25, -0.2) is 4.98 Å². The van der Waals surface area contributed by atoms with Crippen molar-refractivity contribution >= 4 is 17.5 Å². The molecule has 8 heteroatoms. The van der Waals surface area contributed by atoms with Crippen molar-refractivity contribution in [2.75, 3.05) is 37.8 Å². The summed E-state index contributed by atoms with van der Waals surface area (Å²) in [6.45, 7) is 1.31. The van der Waals surface area contributed by atoms with Gasteiger partial charge in [0.2, 0.25) is 5.95 Å². The second-order valence-electron chi connectivity index (χ2n) is 5.53. The summed E-state index contributed by atoms with van der Waals surface area (Å²) >= 11 is 0. The number of hydrogen-bond acceptors (Lipinski definition) is 5. The van der Waals surface area contributed by atoms with Gasteiger partial charge in [-0.15, -0.1) is 0 Å². The van der Waals surface area contributed by atoms with Gasteiger partial charge in [-0.3, -0.25) is 0 Å². The van der Waals surface area contributed by atoms with Crippen molar-refractivity contribution in [3.8, 4) is 0 Å². The van der Waals surface area contributed by atoms with Gasteiger partial charge in [0.1, 0.15) is 5.82 Å². The molecule has 130 valence electrons. The second-order valence-corrected chi connectivity index (χ2v) is 5.53. The van der Waals surface area contributed by atoms with E-state index >= 15 is 0 Å². The van der Waals surface area contributed by atoms with Crippen molar-refractivity contribution in [3.05, 3.63) is 42.1 Å². The third-order valence-corrected chi connectivity index (χ3v) is 3.13. The maximum absolute atomic E-state index is 13.0. The van der Waals surface area contributed by atoms with Crippen LogP contribution >= 0.6 is 0 Å². The van der Waals surface area contributed by atoms with Crippen molar-refractivity contribution < 1.29 is 13.2 Å². The first-order chi connectivity index (χ1) is 11.3. The smallest absolute Gasteiger partial charge is 0.354 e. The van der Waals surface area contributed by atoms with Crippen LogP contribution in [0.2, 0.25) is 0 Å². The summed E-state index contributed by atoms with van der Waals surface area (Å²) in [6.07, 6.45) is -3.76. The molecule has 0 saturated carbocycles. The van der Waals surface area contributed by atoms with E-state index in [1.165, 1.54) is 0 Å². The molecule has 2 aromatic rings. The Morgan fingerprint density at radius 3 is 2.42 bits per heavy atom. The lowest BCUT2D eigenvalue weighted by Crippen LogP contribution is -2.18. The van der Waals surface area contributed by atoms with Crippen LogP contribution in [-0.4, -0.2) is 42.1 Å². The van der Waals surface area contributed by atoms with E-state index in [0.29, 0.717) is 12.2 Å².